The molecule has 0 radical (unpaired) electrons. The molecule has 2 rings (SSSR count). The summed E-state index contributed by atoms with van der Waals surface area (Å²) in [5, 5.41) is 5.25. The van der Waals surface area contributed by atoms with E-state index in [1.165, 1.54) is 6.07 Å². The number of hydrogen-bond acceptors (Lipinski definition) is 4. The molecule has 0 atom stereocenters. The molecule has 0 unspecified atom stereocenters. The molecule has 5 nitrogen and oxygen atoms in total. The lowest BCUT2D eigenvalue weighted by Crippen LogP contribution is -2.23. The normalized spacial score (nSPS) is 16.7. The zero-order chi connectivity index (χ0) is 13.6. The summed E-state index contributed by atoms with van der Waals surface area (Å²) in [6.45, 7) is 5.68. The first kappa shape index (κ1) is 13.3. The first-order chi connectivity index (χ1) is 8.18. The van der Waals surface area contributed by atoms with Gasteiger partial charge in [-0.05, 0) is 12.8 Å². The Morgan fingerprint density at radius 1 is 1.39 bits per heavy atom. The molecule has 1 saturated carbocycles. The van der Waals surface area contributed by atoms with Crippen LogP contribution in [0.15, 0.2) is 17.2 Å². The molecule has 1 aliphatic rings. The summed E-state index contributed by atoms with van der Waals surface area (Å²) < 4.78 is 28.8. The number of rotatable bonds is 3. The van der Waals surface area contributed by atoms with Gasteiger partial charge >= 0.3 is 0 Å². The summed E-state index contributed by atoms with van der Waals surface area (Å²) in [5.74, 6) is 0.467. The molecule has 1 heterocycles. The number of pyridine rings is 1. The lowest BCUT2D eigenvalue weighted by atomic mass is 9.91. The predicted molar refractivity (Wildman–Crippen MR) is 68.0 cm³/mol. The van der Waals surface area contributed by atoms with Crippen LogP contribution in [0.3, 0.4) is 0 Å². The van der Waals surface area contributed by atoms with Gasteiger partial charge in [0.1, 0.15) is 10.6 Å². The van der Waals surface area contributed by atoms with E-state index in [1.54, 1.807) is 6.20 Å². The highest BCUT2D eigenvalue weighted by molar-refractivity contribution is 7.89. The highest BCUT2D eigenvalue weighted by atomic mass is 32.2. The van der Waals surface area contributed by atoms with Gasteiger partial charge in [-0.2, -0.15) is 0 Å². The molecular formula is C12H18N2O3S. The third kappa shape index (κ3) is 3.00. The summed E-state index contributed by atoms with van der Waals surface area (Å²) in [6, 6.07) is 1.47. The van der Waals surface area contributed by atoms with Crippen LogP contribution in [0.5, 0.6) is 5.75 Å². The number of ether oxygens (including phenoxy) is 1. The molecule has 6 heteroatoms. The Hall–Kier alpha value is -1.14. The summed E-state index contributed by atoms with van der Waals surface area (Å²) in [6.07, 6.45) is 3.77. The molecule has 0 spiro atoms. The number of nitrogens with zero attached hydrogens (tertiary/aromatic N) is 1. The predicted octanol–water partition coefficient (Wildman–Crippen LogP) is 1.57. The number of aromatic nitrogens is 1. The van der Waals surface area contributed by atoms with Gasteiger partial charge in [0.05, 0.1) is 18.0 Å². The van der Waals surface area contributed by atoms with Crippen molar-refractivity contribution in [1.82, 2.24) is 4.98 Å². The van der Waals surface area contributed by atoms with Gasteiger partial charge in [0, 0.05) is 11.5 Å². The molecule has 100 valence electrons. The van der Waals surface area contributed by atoms with E-state index in [4.69, 9.17) is 9.88 Å². The third-order valence-corrected chi connectivity index (χ3v) is 3.60. The van der Waals surface area contributed by atoms with E-state index in [9.17, 15) is 8.42 Å². The van der Waals surface area contributed by atoms with E-state index in [0.717, 1.165) is 12.8 Å². The molecular weight excluding hydrogens is 252 g/mol. The second-order valence-corrected chi connectivity index (χ2v) is 7.16. The first-order valence-corrected chi connectivity index (χ1v) is 7.42. The number of nitrogens with two attached hydrogens (primary N) is 1. The Labute approximate surface area is 107 Å². The molecule has 0 aromatic carbocycles. The van der Waals surface area contributed by atoms with Crippen LogP contribution in [0, 0.1) is 0 Å². The van der Waals surface area contributed by atoms with Gasteiger partial charge in [0.2, 0.25) is 10.0 Å². The van der Waals surface area contributed by atoms with Crippen molar-refractivity contribution in [3.05, 3.63) is 18.0 Å². The van der Waals surface area contributed by atoms with Gasteiger partial charge in [-0.25, -0.2) is 13.6 Å². The third-order valence-electron chi connectivity index (χ3n) is 2.67. The summed E-state index contributed by atoms with van der Waals surface area (Å²) in [4.78, 5) is 4.26. The van der Waals surface area contributed by atoms with Crippen LogP contribution in [0.4, 0.5) is 0 Å². The zero-order valence-electron chi connectivity index (χ0n) is 10.8. The lowest BCUT2D eigenvalue weighted by Gasteiger charge is -2.21. The fourth-order valence-corrected chi connectivity index (χ4v) is 2.56. The van der Waals surface area contributed by atoms with Crippen LogP contribution in [0.1, 0.15) is 39.3 Å². The van der Waals surface area contributed by atoms with Crippen LogP contribution in [-0.4, -0.2) is 19.5 Å². The minimum atomic E-state index is -3.80. The zero-order valence-corrected chi connectivity index (χ0v) is 11.6. The molecule has 1 aliphatic carbocycles. The molecule has 0 aliphatic heterocycles. The van der Waals surface area contributed by atoms with Crippen LogP contribution in [-0.2, 0) is 15.4 Å². The largest absolute Gasteiger partial charge is 0.489 e. The Balaban J connectivity index is 2.48. The molecule has 1 aromatic heterocycles. The Morgan fingerprint density at radius 2 is 2.00 bits per heavy atom. The Kier molecular flexibility index (Phi) is 3.11. The van der Waals surface area contributed by atoms with Crippen molar-refractivity contribution in [3.8, 4) is 5.75 Å². The topological polar surface area (TPSA) is 82.3 Å². The van der Waals surface area contributed by atoms with Crippen molar-refractivity contribution in [1.29, 1.82) is 0 Å². The van der Waals surface area contributed by atoms with Crippen molar-refractivity contribution >= 4 is 10.0 Å². The maximum absolute atomic E-state index is 11.6. The Morgan fingerprint density at radius 3 is 2.44 bits per heavy atom. The smallest absolute Gasteiger partial charge is 0.240 e. The monoisotopic (exact) mass is 270 g/mol. The lowest BCUT2D eigenvalue weighted by molar-refractivity contribution is 0.300. The maximum Gasteiger partial charge on any atom is 0.240 e. The van der Waals surface area contributed by atoms with Crippen LogP contribution < -0.4 is 9.88 Å². The molecule has 0 saturated heterocycles. The van der Waals surface area contributed by atoms with E-state index < -0.39 is 10.0 Å². The number of primary sulfonamides is 1. The molecule has 0 amide bonds. The van der Waals surface area contributed by atoms with Crippen LogP contribution in [0.25, 0.3) is 0 Å². The first-order valence-electron chi connectivity index (χ1n) is 5.88. The van der Waals surface area contributed by atoms with Gasteiger partial charge in [-0.3, -0.25) is 4.98 Å². The van der Waals surface area contributed by atoms with E-state index >= 15 is 0 Å². The standard InChI is InChI=1S/C12H18N2O3S/c1-12(2,3)11-10(18(13,15)16)6-9(7-14-11)17-8-4-5-8/h6-8H,4-5H2,1-3H3,(H2,13,15,16). The van der Waals surface area contributed by atoms with E-state index in [-0.39, 0.29) is 16.4 Å². The minimum absolute atomic E-state index is 0.0492. The van der Waals surface area contributed by atoms with E-state index in [0.29, 0.717) is 11.4 Å². The molecule has 18 heavy (non-hydrogen) atoms. The molecule has 1 fully saturated rings. The summed E-state index contributed by atoms with van der Waals surface area (Å²) >= 11 is 0. The summed E-state index contributed by atoms with van der Waals surface area (Å²) in [5.41, 5.74) is 0.0769. The van der Waals surface area contributed by atoms with Gasteiger partial charge in [-0.1, -0.05) is 20.8 Å². The number of sulfonamides is 1. The van der Waals surface area contributed by atoms with Crippen molar-refractivity contribution in [3.63, 3.8) is 0 Å². The van der Waals surface area contributed by atoms with Crippen LogP contribution in [0.2, 0.25) is 0 Å². The average molecular weight is 270 g/mol. The fourth-order valence-electron chi connectivity index (χ4n) is 1.65. The number of hydrogen-bond donors (Lipinski definition) is 1. The van der Waals surface area contributed by atoms with Gasteiger partial charge in [-0.15, -0.1) is 0 Å². The van der Waals surface area contributed by atoms with Crippen molar-refractivity contribution in [2.24, 2.45) is 5.14 Å². The second kappa shape index (κ2) is 4.20. The molecule has 2 N–H and O–H groups in total. The highest BCUT2D eigenvalue weighted by Gasteiger charge is 2.28. The second-order valence-electron chi connectivity index (χ2n) is 5.63. The van der Waals surface area contributed by atoms with E-state index in [1.807, 2.05) is 20.8 Å². The van der Waals surface area contributed by atoms with Crippen molar-refractivity contribution < 1.29 is 13.2 Å². The Bertz CT molecular complexity index is 557. The fraction of sp³-hybridized carbons (Fsp3) is 0.583. The van der Waals surface area contributed by atoms with E-state index in [2.05, 4.69) is 4.98 Å². The minimum Gasteiger partial charge on any atom is -0.489 e. The highest BCUT2D eigenvalue weighted by Crippen LogP contribution is 2.31. The summed E-state index contributed by atoms with van der Waals surface area (Å²) in [7, 11) is -3.80. The van der Waals surface area contributed by atoms with Gasteiger partial charge in [0.15, 0.2) is 0 Å². The van der Waals surface area contributed by atoms with Gasteiger partial charge < -0.3 is 4.74 Å². The van der Waals surface area contributed by atoms with Crippen molar-refractivity contribution in [2.45, 2.75) is 50.0 Å². The van der Waals surface area contributed by atoms with Crippen molar-refractivity contribution in [2.75, 3.05) is 0 Å². The SMILES string of the molecule is CC(C)(C)c1ncc(OC2CC2)cc1S(N)(=O)=O. The average Bonchev–Trinajstić information content (AvgIpc) is 2.98. The molecule has 1 aromatic rings. The quantitative estimate of drug-likeness (QED) is 0.903. The molecule has 0 bridgehead atoms. The maximum atomic E-state index is 11.6. The van der Waals surface area contributed by atoms with Crippen LogP contribution >= 0.6 is 0 Å². The van der Waals surface area contributed by atoms with Gasteiger partial charge in [0.25, 0.3) is 0 Å².